The third-order valence-electron chi connectivity index (χ3n) is 2.52. The summed E-state index contributed by atoms with van der Waals surface area (Å²) in [5.74, 6) is 0.410. The molecule has 2 fully saturated rings. The van der Waals surface area contributed by atoms with Gasteiger partial charge in [0.05, 0.1) is 11.5 Å². The first-order valence-corrected chi connectivity index (χ1v) is 5.10. The second kappa shape index (κ2) is 1.28. The Morgan fingerprint density at radius 3 is 1.80 bits per heavy atom. The Morgan fingerprint density at radius 1 is 1.20 bits per heavy atom. The van der Waals surface area contributed by atoms with E-state index in [4.69, 9.17) is 4.74 Å². The van der Waals surface area contributed by atoms with Gasteiger partial charge in [0, 0.05) is 0 Å². The van der Waals surface area contributed by atoms with Crippen LogP contribution in [0.3, 0.4) is 0 Å². The summed E-state index contributed by atoms with van der Waals surface area (Å²) in [4.78, 5) is 0. The van der Waals surface area contributed by atoms with Crippen molar-refractivity contribution in [2.75, 3.05) is 11.5 Å². The third-order valence-corrected chi connectivity index (χ3v) is 4.50. The van der Waals surface area contributed by atoms with E-state index in [1.165, 1.54) is 0 Å². The van der Waals surface area contributed by atoms with Gasteiger partial charge in [-0.2, -0.15) is 0 Å². The van der Waals surface area contributed by atoms with Gasteiger partial charge in [0.2, 0.25) is 0 Å². The van der Waals surface area contributed by atoms with Crippen LogP contribution in [-0.4, -0.2) is 31.1 Å². The number of hydrogen-bond acceptors (Lipinski definition) is 3. The summed E-state index contributed by atoms with van der Waals surface area (Å²) in [7, 11) is -2.79. The minimum absolute atomic E-state index is 0.205. The highest BCUT2D eigenvalue weighted by Crippen LogP contribution is 2.54. The van der Waals surface area contributed by atoms with Crippen LogP contribution in [0.1, 0.15) is 13.8 Å². The zero-order valence-electron chi connectivity index (χ0n) is 6.05. The molecule has 0 spiro atoms. The summed E-state index contributed by atoms with van der Waals surface area (Å²) in [5.41, 5.74) is -0.711. The molecule has 3 nitrogen and oxygen atoms in total. The highest BCUT2D eigenvalue weighted by molar-refractivity contribution is 7.91. The SMILES string of the molecule is C[C@@]12CS(=O)(=O)C[C@]1(C)O2. The Kier molecular flexibility index (Phi) is 0.843. The van der Waals surface area contributed by atoms with E-state index in [1.807, 2.05) is 13.8 Å². The van der Waals surface area contributed by atoms with Crippen LogP contribution in [0.25, 0.3) is 0 Å². The summed E-state index contributed by atoms with van der Waals surface area (Å²) in [5, 5.41) is 0. The average molecular weight is 162 g/mol. The van der Waals surface area contributed by atoms with Crippen LogP contribution >= 0.6 is 0 Å². The second-order valence-corrected chi connectivity index (χ2v) is 5.66. The van der Waals surface area contributed by atoms with Gasteiger partial charge in [0.15, 0.2) is 9.84 Å². The topological polar surface area (TPSA) is 46.7 Å². The first-order valence-electron chi connectivity index (χ1n) is 3.28. The molecule has 0 saturated carbocycles. The molecule has 2 saturated heterocycles. The molecule has 58 valence electrons. The van der Waals surface area contributed by atoms with Gasteiger partial charge in [0.1, 0.15) is 11.2 Å². The molecule has 0 bridgehead atoms. The van der Waals surface area contributed by atoms with Crippen molar-refractivity contribution >= 4 is 9.84 Å². The van der Waals surface area contributed by atoms with Crippen LogP contribution < -0.4 is 0 Å². The first kappa shape index (κ1) is 6.61. The van der Waals surface area contributed by atoms with E-state index in [1.54, 1.807) is 0 Å². The van der Waals surface area contributed by atoms with Crippen LogP contribution in [0.15, 0.2) is 0 Å². The normalized spacial score (nSPS) is 56.2. The largest absolute Gasteiger partial charge is 0.361 e. The quantitative estimate of drug-likeness (QED) is 0.470. The lowest BCUT2D eigenvalue weighted by Crippen LogP contribution is -2.15. The van der Waals surface area contributed by atoms with Gasteiger partial charge in [-0.3, -0.25) is 0 Å². The fraction of sp³-hybridized carbons (Fsp3) is 1.00. The minimum Gasteiger partial charge on any atom is -0.361 e. The lowest BCUT2D eigenvalue weighted by Gasteiger charge is -1.97. The van der Waals surface area contributed by atoms with Gasteiger partial charge in [-0.25, -0.2) is 8.42 Å². The molecule has 0 unspecified atom stereocenters. The number of sulfone groups is 1. The fourth-order valence-electron chi connectivity index (χ4n) is 1.73. The smallest absolute Gasteiger partial charge is 0.156 e. The Hall–Kier alpha value is -0.0900. The summed E-state index contributed by atoms with van der Waals surface area (Å²) >= 11 is 0. The first-order chi connectivity index (χ1) is 4.37. The molecule has 2 aliphatic heterocycles. The molecule has 2 aliphatic rings. The molecule has 2 rings (SSSR count). The maximum atomic E-state index is 11.0. The molecule has 2 atom stereocenters. The predicted octanol–water partition coefficient (Wildman–Crippen LogP) is -0.0376. The molecule has 0 aromatic heterocycles. The van der Waals surface area contributed by atoms with Crippen LogP contribution in [0.4, 0.5) is 0 Å². The van der Waals surface area contributed by atoms with E-state index in [0.717, 1.165) is 0 Å². The van der Waals surface area contributed by atoms with Crippen molar-refractivity contribution in [3.8, 4) is 0 Å². The lowest BCUT2D eigenvalue weighted by atomic mass is 10.0. The summed E-state index contributed by atoms with van der Waals surface area (Å²) < 4.78 is 27.3. The van der Waals surface area contributed by atoms with Crippen molar-refractivity contribution in [3.63, 3.8) is 0 Å². The Balaban J connectivity index is 2.40. The Labute approximate surface area is 60.3 Å². The third kappa shape index (κ3) is 0.609. The van der Waals surface area contributed by atoms with Crippen molar-refractivity contribution in [2.24, 2.45) is 0 Å². The van der Waals surface area contributed by atoms with Gasteiger partial charge in [0.25, 0.3) is 0 Å². The summed E-state index contributed by atoms with van der Waals surface area (Å²) in [6.07, 6.45) is 0. The zero-order valence-corrected chi connectivity index (χ0v) is 6.86. The summed E-state index contributed by atoms with van der Waals surface area (Å²) in [6, 6.07) is 0. The lowest BCUT2D eigenvalue weighted by molar-refractivity contribution is 0.289. The molecule has 10 heavy (non-hydrogen) atoms. The molecule has 0 amide bonds. The molecule has 0 aromatic rings. The highest BCUT2D eigenvalue weighted by Gasteiger charge is 2.71. The van der Waals surface area contributed by atoms with E-state index >= 15 is 0 Å². The van der Waals surface area contributed by atoms with E-state index in [2.05, 4.69) is 0 Å². The molecule has 0 aromatic carbocycles. The van der Waals surface area contributed by atoms with Crippen molar-refractivity contribution in [1.82, 2.24) is 0 Å². The minimum atomic E-state index is -2.79. The second-order valence-electron chi connectivity index (χ2n) is 3.60. The van der Waals surface area contributed by atoms with Gasteiger partial charge < -0.3 is 4.74 Å². The maximum Gasteiger partial charge on any atom is 0.156 e. The molecule has 0 N–H and O–H groups in total. The van der Waals surface area contributed by atoms with Crippen LogP contribution in [0.2, 0.25) is 0 Å². The van der Waals surface area contributed by atoms with E-state index in [0.29, 0.717) is 0 Å². The molecule has 4 heteroatoms. The van der Waals surface area contributed by atoms with Crippen molar-refractivity contribution in [1.29, 1.82) is 0 Å². The highest BCUT2D eigenvalue weighted by atomic mass is 32.2. The number of rotatable bonds is 0. The van der Waals surface area contributed by atoms with Gasteiger partial charge in [-0.15, -0.1) is 0 Å². The van der Waals surface area contributed by atoms with Gasteiger partial charge in [-0.05, 0) is 13.8 Å². The van der Waals surface area contributed by atoms with E-state index < -0.39 is 9.84 Å². The van der Waals surface area contributed by atoms with Gasteiger partial charge in [-0.1, -0.05) is 0 Å². The summed E-state index contributed by atoms with van der Waals surface area (Å²) in [6.45, 7) is 3.72. The van der Waals surface area contributed by atoms with Crippen LogP contribution in [-0.2, 0) is 14.6 Å². The molecular formula is C6H10O3S. The van der Waals surface area contributed by atoms with E-state index in [-0.39, 0.29) is 22.7 Å². The zero-order chi connectivity index (χ0) is 7.62. The van der Waals surface area contributed by atoms with Crippen LogP contribution in [0.5, 0.6) is 0 Å². The fourth-order valence-corrected chi connectivity index (χ4v) is 4.24. The maximum absolute atomic E-state index is 11.0. The molecule has 0 radical (unpaired) electrons. The Morgan fingerprint density at radius 2 is 1.60 bits per heavy atom. The van der Waals surface area contributed by atoms with Crippen molar-refractivity contribution in [3.05, 3.63) is 0 Å². The number of hydrogen-bond donors (Lipinski definition) is 0. The molecular weight excluding hydrogens is 152 g/mol. The monoisotopic (exact) mass is 162 g/mol. The van der Waals surface area contributed by atoms with Crippen molar-refractivity contribution in [2.45, 2.75) is 25.0 Å². The standard InChI is InChI=1S/C6H10O3S/c1-5-3-10(7,8)4-6(5,2)9-5/h3-4H2,1-2H3/t5-,6+. The van der Waals surface area contributed by atoms with Gasteiger partial charge >= 0.3 is 0 Å². The number of fused-ring (bicyclic) bond motifs is 1. The Bertz CT molecular complexity index is 259. The van der Waals surface area contributed by atoms with E-state index in [9.17, 15) is 8.42 Å². The van der Waals surface area contributed by atoms with Crippen LogP contribution in [0, 0.1) is 0 Å². The molecule has 2 heterocycles. The number of ether oxygens (including phenoxy) is 1. The average Bonchev–Trinajstić information content (AvgIpc) is 1.93. The molecule has 0 aliphatic carbocycles. The predicted molar refractivity (Wildman–Crippen MR) is 36.5 cm³/mol. The van der Waals surface area contributed by atoms with Crippen molar-refractivity contribution < 1.29 is 13.2 Å². The number of epoxide rings is 1.